The maximum Gasteiger partial charge on any atom is 0.248 e. The molecule has 0 aromatic carbocycles. The molecule has 1 amide bonds. The molecule has 0 unspecified atom stereocenters. The van der Waals surface area contributed by atoms with Crippen molar-refractivity contribution in [2.45, 2.75) is 18.6 Å². The van der Waals surface area contributed by atoms with E-state index < -0.39 is 0 Å². The Kier molecular flexibility index (Phi) is 4.71. The second-order valence-corrected chi connectivity index (χ2v) is 5.92. The minimum atomic E-state index is -0.215. The van der Waals surface area contributed by atoms with E-state index in [1.165, 1.54) is 7.11 Å². The first-order valence-electron chi connectivity index (χ1n) is 7.62. The average Bonchev–Trinajstić information content (AvgIpc) is 2.91. The van der Waals surface area contributed by atoms with Gasteiger partial charge >= 0.3 is 0 Å². The summed E-state index contributed by atoms with van der Waals surface area (Å²) in [5.74, 6) is 0.361. The predicted molar refractivity (Wildman–Crippen MR) is 79.1 cm³/mol. The molecule has 3 rings (SSSR count). The molecule has 6 heteroatoms. The fourth-order valence-electron chi connectivity index (χ4n) is 3.15. The summed E-state index contributed by atoms with van der Waals surface area (Å²) in [6.45, 7) is 3.32. The van der Waals surface area contributed by atoms with Gasteiger partial charge in [0.25, 0.3) is 0 Å². The Morgan fingerprint density at radius 1 is 1.50 bits per heavy atom. The molecule has 0 bridgehead atoms. The predicted octanol–water partition coefficient (Wildman–Crippen LogP) is 0.862. The standard InChI is InChI=1S/C16H22N2O4/c1-20-10-15(19)18-11-16(12-18)13(5-7-22-16)8-21-9-14-4-2-3-6-17-14/h2-4,6,13H,5,7-12H2,1H3/t13-/m1/s1. The van der Waals surface area contributed by atoms with Gasteiger partial charge in [0.05, 0.1) is 32.0 Å². The third kappa shape index (κ3) is 3.14. The fraction of sp³-hybridized carbons (Fsp3) is 0.625. The first-order chi connectivity index (χ1) is 10.7. The molecular weight excluding hydrogens is 284 g/mol. The molecule has 22 heavy (non-hydrogen) atoms. The summed E-state index contributed by atoms with van der Waals surface area (Å²) in [6, 6.07) is 5.80. The molecule has 120 valence electrons. The number of hydrogen-bond acceptors (Lipinski definition) is 5. The molecule has 2 saturated heterocycles. The lowest BCUT2D eigenvalue weighted by Gasteiger charge is -2.50. The summed E-state index contributed by atoms with van der Waals surface area (Å²) in [5.41, 5.74) is 0.717. The number of hydrogen-bond donors (Lipinski definition) is 0. The number of likely N-dealkylation sites (tertiary alicyclic amines) is 1. The van der Waals surface area contributed by atoms with Crippen molar-refractivity contribution in [3.05, 3.63) is 30.1 Å². The van der Waals surface area contributed by atoms with Crippen LogP contribution in [0.1, 0.15) is 12.1 Å². The normalized spacial score (nSPS) is 22.8. The third-order valence-electron chi connectivity index (χ3n) is 4.43. The number of amides is 1. The van der Waals surface area contributed by atoms with Crippen LogP contribution in [0.3, 0.4) is 0 Å². The van der Waals surface area contributed by atoms with Crippen molar-refractivity contribution in [3.8, 4) is 0 Å². The second-order valence-electron chi connectivity index (χ2n) is 5.92. The Morgan fingerprint density at radius 3 is 3.09 bits per heavy atom. The molecule has 0 aliphatic carbocycles. The van der Waals surface area contributed by atoms with Crippen LogP contribution >= 0.6 is 0 Å². The molecule has 2 fully saturated rings. The minimum absolute atomic E-state index is 0.0248. The lowest BCUT2D eigenvalue weighted by molar-refractivity contribution is -0.172. The molecular formula is C16H22N2O4. The molecule has 1 aromatic heterocycles. The number of ether oxygens (including phenoxy) is 3. The van der Waals surface area contributed by atoms with Crippen LogP contribution in [0.4, 0.5) is 0 Å². The Bertz CT molecular complexity index is 502. The van der Waals surface area contributed by atoms with Gasteiger partial charge < -0.3 is 19.1 Å². The molecule has 6 nitrogen and oxygen atoms in total. The van der Waals surface area contributed by atoms with Crippen LogP contribution in [-0.4, -0.2) is 61.4 Å². The number of nitrogens with zero attached hydrogens (tertiary/aromatic N) is 2. The highest BCUT2D eigenvalue weighted by Gasteiger charge is 2.54. The van der Waals surface area contributed by atoms with Crippen molar-refractivity contribution in [3.63, 3.8) is 0 Å². The Morgan fingerprint density at radius 2 is 2.36 bits per heavy atom. The van der Waals surface area contributed by atoms with Crippen molar-refractivity contribution < 1.29 is 19.0 Å². The Hall–Kier alpha value is -1.50. The highest BCUT2D eigenvalue weighted by Crippen LogP contribution is 2.40. The SMILES string of the molecule is COCC(=O)N1CC2(C1)OCC[C@@H]2COCc1ccccn1. The van der Waals surface area contributed by atoms with Gasteiger partial charge in [-0.1, -0.05) is 6.07 Å². The van der Waals surface area contributed by atoms with Gasteiger partial charge in [0.1, 0.15) is 12.2 Å². The molecule has 1 aromatic rings. The van der Waals surface area contributed by atoms with Gasteiger partial charge in [0.2, 0.25) is 5.91 Å². The summed E-state index contributed by atoms with van der Waals surface area (Å²) in [5, 5.41) is 0. The first kappa shape index (κ1) is 15.4. The van der Waals surface area contributed by atoms with Crippen LogP contribution in [0.25, 0.3) is 0 Å². The molecule has 0 radical (unpaired) electrons. The van der Waals surface area contributed by atoms with Gasteiger partial charge in [-0.2, -0.15) is 0 Å². The van der Waals surface area contributed by atoms with E-state index in [2.05, 4.69) is 4.98 Å². The van der Waals surface area contributed by atoms with Gasteiger partial charge in [0.15, 0.2) is 0 Å². The molecule has 2 aliphatic heterocycles. The fourth-order valence-corrected chi connectivity index (χ4v) is 3.15. The van der Waals surface area contributed by atoms with E-state index in [-0.39, 0.29) is 18.1 Å². The van der Waals surface area contributed by atoms with E-state index in [9.17, 15) is 4.79 Å². The van der Waals surface area contributed by atoms with E-state index >= 15 is 0 Å². The maximum atomic E-state index is 11.8. The summed E-state index contributed by atoms with van der Waals surface area (Å²) in [6.07, 6.45) is 2.75. The number of pyridine rings is 1. The van der Waals surface area contributed by atoms with Gasteiger partial charge in [0, 0.05) is 25.8 Å². The molecule has 1 spiro atoms. The van der Waals surface area contributed by atoms with E-state index in [1.807, 2.05) is 18.2 Å². The third-order valence-corrected chi connectivity index (χ3v) is 4.43. The molecule has 3 heterocycles. The number of methoxy groups -OCH3 is 1. The maximum absolute atomic E-state index is 11.8. The second kappa shape index (κ2) is 6.73. The van der Waals surface area contributed by atoms with Crippen LogP contribution in [0.2, 0.25) is 0 Å². The molecule has 1 atom stereocenters. The summed E-state index contributed by atoms with van der Waals surface area (Å²) in [4.78, 5) is 17.8. The van der Waals surface area contributed by atoms with Crippen LogP contribution in [0, 0.1) is 5.92 Å². The summed E-state index contributed by atoms with van der Waals surface area (Å²) >= 11 is 0. The van der Waals surface area contributed by atoms with Crippen LogP contribution in [-0.2, 0) is 25.6 Å². The molecule has 0 saturated carbocycles. The van der Waals surface area contributed by atoms with Gasteiger partial charge in [-0.25, -0.2) is 0 Å². The van der Waals surface area contributed by atoms with E-state index in [0.717, 1.165) is 18.7 Å². The topological polar surface area (TPSA) is 60.9 Å². The van der Waals surface area contributed by atoms with Crippen molar-refractivity contribution >= 4 is 5.91 Å². The highest BCUT2D eigenvalue weighted by atomic mass is 16.5. The van der Waals surface area contributed by atoms with Gasteiger partial charge in [-0.15, -0.1) is 0 Å². The van der Waals surface area contributed by atoms with Crippen molar-refractivity contribution in [1.82, 2.24) is 9.88 Å². The average molecular weight is 306 g/mol. The van der Waals surface area contributed by atoms with E-state index in [4.69, 9.17) is 14.2 Å². The van der Waals surface area contributed by atoms with Crippen LogP contribution < -0.4 is 0 Å². The van der Waals surface area contributed by atoms with Crippen LogP contribution in [0.15, 0.2) is 24.4 Å². The first-order valence-corrected chi connectivity index (χ1v) is 7.62. The Balaban J connectivity index is 1.47. The van der Waals surface area contributed by atoms with Gasteiger partial charge in [-0.05, 0) is 18.6 Å². The summed E-state index contributed by atoms with van der Waals surface area (Å²) < 4.78 is 16.6. The Labute approximate surface area is 130 Å². The monoisotopic (exact) mass is 306 g/mol. The smallest absolute Gasteiger partial charge is 0.248 e. The van der Waals surface area contributed by atoms with E-state index in [1.54, 1.807) is 11.1 Å². The molecule has 0 N–H and O–H groups in total. The van der Waals surface area contributed by atoms with Gasteiger partial charge in [-0.3, -0.25) is 9.78 Å². The molecule has 2 aliphatic rings. The zero-order valence-electron chi connectivity index (χ0n) is 12.9. The van der Waals surface area contributed by atoms with Crippen LogP contribution in [0.5, 0.6) is 0 Å². The number of aromatic nitrogens is 1. The van der Waals surface area contributed by atoms with E-state index in [0.29, 0.717) is 32.2 Å². The largest absolute Gasteiger partial charge is 0.375 e. The van der Waals surface area contributed by atoms with Crippen molar-refractivity contribution in [2.24, 2.45) is 5.92 Å². The highest BCUT2D eigenvalue weighted by molar-refractivity contribution is 5.78. The van der Waals surface area contributed by atoms with Crippen molar-refractivity contribution in [2.75, 3.05) is 40.0 Å². The lowest BCUT2D eigenvalue weighted by Crippen LogP contribution is -2.67. The lowest BCUT2D eigenvalue weighted by atomic mass is 9.81. The zero-order chi connectivity index (χ0) is 15.4. The number of rotatable bonds is 6. The minimum Gasteiger partial charge on any atom is -0.375 e. The zero-order valence-corrected chi connectivity index (χ0v) is 12.9. The summed E-state index contributed by atoms with van der Waals surface area (Å²) in [7, 11) is 1.54. The quantitative estimate of drug-likeness (QED) is 0.780. The van der Waals surface area contributed by atoms with Crippen molar-refractivity contribution in [1.29, 1.82) is 0 Å². The number of carbonyl (C=O) groups excluding carboxylic acids is 1. The number of carbonyl (C=O) groups is 1.